The van der Waals surface area contributed by atoms with Gasteiger partial charge in [-0.3, -0.25) is 19.7 Å². The first kappa shape index (κ1) is 20.3. The molecule has 0 bridgehead atoms. The van der Waals surface area contributed by atoms with Crippen molar-refractivity contribution < 1.29 is 23.9 Å². The molecule has 1 saturated heterocycles. The number of imide groups is 1. The molecule has 1 aromatic rings. The van der Waals surface area contributed by atoms with Crippen LogP contribution in [0.1, 0.15) is 55.1 Å². The number of carbonyl (C=O) groups is 4. The molecule has 2 N–H and O–H groups in total. The highest BCUT2D eigenvalue weighted by Crippen LogP contribution is 2.33. The fraction of sp³-hybridized carbons (Fsp3) is 0.474. The van der Waals surface area contributed by atoms with Crippen molar-refractivity contribution in [3.8, 4) is 0 Å². The van der Waals surface area contributed by atoms with Crippen LogP contribution in [-0.4, -0.2) is 40.4 Å². The molecule has 2 heterocycles. The molecule has 0 radical (unpaired) electrons. The molecule has 8 nitrogen and oxygen atoms in total. The molecule has 2 aliphatic heterocycles. The zero-order chi connectivity index (χ0) is 20.6. The quantitative estimate of drug-likeness (QED) is 0.685. The number of carbonyl (C=O) groups excluding carboxylic acids is 4. The zero-order valence-electron chi connectivity index (χ0n) is 15.9. The van der Waals surface area contributed by atoms with Gasteiger partial charge >= 0.3 is 6.09 Å². The lowest BCUT2D eigenvalue weighted by atomic mass is 10.0. The lowest BCUT2D eigenvalue weighted by Gasteiger charge is -2.29. The van der Waals surface area contributed by atoms with Gasteiger partial charge in [-0.15, -0.1) is 0 Å². The standard InChI is InChI=1S/C19H22BrN3O5/c1-19(2,3)28-18(27)21-8-10-6-11-12(13(20)7-10)9-23(17(11)26)14-4-5-15(24)22-16(14)25/h6-7,14H,4-5,8-9H2,1-3H3,(H,21,27)(H,22,24,25). The van der Waals surface area contributed by atoms with E-state index in [9.17, 15) is 19.2 Å². The Kier molecular flexibility index (Phi) is 5.47. The maximum Gasteiger partial charge on any atom is 0.407 e. The summed E-state index contributed by atoms with van der Waals surface area (Å²) in [6.07, 6.45) is -0.0155. The number of benzene rings is 1. The number of nitrogens with one attached hydrogen (secondary N) is 2. The number of piperidine rings is 1. The average Bonchev–Trinajstić information content (AvgIpc) is 2.89. The van der Waals surface area contributed by atoms with Crippen LogP contribution in [-0.2, 0) is 27.4 Å². The number of halogens is 1. The van der Waals surface area contributed by atoms with Crippen molar-refractivity contribution in [1.82, 2.24) is 15.5 Å². The van der Waals surface area contributed by atoms with E-state index in [1.165, 1.54) is 4.90 Å². The van der Waals surface area contributed by atoms with Gasteiger partial charge in [0.15, 0.2) is 0 Å². The van der Waals surface area contributed by atoms with E-state index in [0.29, 0.717) is 18.5 Å². The molecule has 1 fully saturated rings. The molecule has 4 amide bonds. The molecule has 28 heavy (non-hydrogen) atoms. The molecule has 1 aromatic carbocycles. The molecule has 2 aliphatic rings. The van der Waals surface area contributed by atoms with Gasteiger partial charge < -0.3 is 15.0 Å². The topological polar surface area (TPSA) is 105 Å². The van der Waals surface area contributed by atoms with Crippen LogP contribution in [0.5, 0.6) is 0 Å². The van der Waals surface area contributed by atoms with Gasteiger partial charge in [-0.05, 0) is 50.5 Å². The van der Waals surface area contributed by atoms with Crippen molar-refractivity contribution in [3.63, 3.8) is 0 Å². The van der Waals surface area contributed by atoms with Gasteiger partial charge in [-0.1, -0.05) is 15.9 Å². The number of hydrogen-bond acceptors (Lipinski definition) is 5. The summed E-state index contributed by atoms with van der Waals surface area (Å²) < 4.78 is 5.94. The van der Waals surface area contributed by atoms with Gasteiger partial charge in [0, 0.05) is 29.5 Å². The molecule has 1 unspecified atom stereocenters. The lowest BCUT2D eigenvalue weighted by molar-refractivity contribution is -0.136. The van der Waals surface area contributed by atoms with Gasteiger partial charge in [-0.2, -0.15) is 0 Å². The number of amides is 4. The summed E-state index contributed by atoms with van der Waals surface area (Å²) in [7, 11) is 0. The Labute approximate surface area is 171 Å². The van der Waals surface area contributed by atoms with Crippen molar-refractivity contribution in [2.45, 2.75) is 58.3 Å². The Hall–Kier alpha value is -2.42. The number of nitrogens with zero attached hydrogens (tertiary/aromatic N) is 1. The summed E-state index contributed by atoms with van der Waals surface area (Å²) in [5, 5.41) is 4.95. The van der Waals surface area contributed by atoms with E-state index in [0.717, 1.165) is 15.6 Å². The minimum absolute atomic E-state index is 0.201. The summed E-state index contributed by atoms with van der Waals surface area (Å²) in [5.41, 5.74) is 1.41. The first-order valence-corrected chi connectivity index (χ1v) is 9.77. The Morgan fingerprint density at radius 2 is 2.04 bits per heavy atom. The van der Waals surface area contributed by atoms with E-state index in [1.54, 1.807) is 26.8 Å². The predicted octanol–water partition coefficient (Wildman–Crippen LogP) is 2.23. The molecule has 9 heteroatoms. The summed E-state index contributed by atoms with van der Waals surface area (Å²) in [4.78, 5) is 49.7. The van der Waals surface area contributed by atoms with Crippen LogP contribution in [0.4, 0.5) is 4.79 Å². The highest BCUT2D eigenvalue weighted by Gasteiger charge is 2.39. The SMILES string of the molecule is CC(C)(C)OC(=O)NCc1cc(Br)c2c(c1)C(=O)N(C1CCC(=O)NC1=O)C2. The molecule has 3 rings (SSSR count). The van der Waals surface area contributed by atoms with E-state index in [-0.39, 0.29) is 24.8 Å². The molecular formula is C19H22BrN3O5. The summed E-state index contributed by atoms with van der Waals surface area (Å²) in [6.45, 7) is 5.83. The first-order chi connectivity index (χ1) is 13.0. The summed E-state index contributed by atoms with van der Waals surface area (Å²) in [5.74, 6) is -1.02. The number of hydrogen-bond donors (Lipinski definition) is 2. The van der Waals surface area contributed by atoms with Crippen LogP contribution in [0, 0.1) is 0 Å². The smallest absolute Gasteiger partial charge is 0.407 e. The molecular weight excluding hydrogens is 430 g/mol. The minimum atomic E-state index is -0.659. The fourth-order valence-corrected chi connectivity index (χ4v) is 3.90. The zero-order valence-corrected chi connectivity index (χ0v) is 17.5. The molecule has 0 aromatic heterocycles. The Morgan fingerprint density at radius 3 is 2.68 bits per heavy atom. The van der Waals surface area contributed by atoms with E-state index in [4.69, 9.17) is 4.74 Å². The Balaban J connectivity index is 1.73. The van der Waals surface area contributed by atoms with Crippen LogP contribution in [0.2, 0.25) is 0 Å². The molecule has 150 valence electrons. The molecule has 1 atom stereocenters. The van der Waals surface area contributed by atoms with Crippen molar-refractivity contribution in [2.75, 3.05) is 0 Å². The monoisotopic (exact) mass is 451 g/mol. The normalized spacial score (nSPS) is 19.4. The van der Waals surface area contributed by atoms with Crippen molar-refractivity contribution >= 4 is 39.7 Å². The van der Waals surface area contributed by atoms with E-state index < -0.39 is 23.6 Å². The third-order valence-electron chi connectivity index (χ3n) is 4.50. The molecule has 0 spiro atoms. The lowest BCUT2D eigenvalue weighted by Crippen LogP contribution is -2.52. The van der Waals surface area contributed by atoms with Gasteiger partial charge in [-0.25, -0.2) is 4.79 Å². The largest absolute Gasteiger partial charge is 0.444 e. The van der Waals surface area contributed by atoms with Crippen LogP contribution < -0.4 is 10.6 Å². The van der Waals surface area contributed by atoms with Crippen LogP contribution in [0.25, 0.3) is 0 Å². The Morgan fingerprint density at radius 1 is 1.32 bits per heavy atom. The van der Waals surface area contributed by atoms with E-state index in [2.05, 4.69) is 26.6 Å². The average molecular weight is 452 g/mol. The summed E-state index contributed by atoms with van der Waals surface area (Å²) in [6, 6.07) is 2.89. The number of rotatable bonds is 3. The highest BCUT2D eigenvalue weighted by molar-refractivity contribution is 9.10. The van der Waals surface area contributed by atoms with Gasteiger partial charge in [0.25, 0.3) is 5.91 Å². The van der Waals surface area contributed by atoms with E-state index >= 15 is 0 Å². The van der Waals surface area contributed by atoms with Gasteiger partial charge in [0.2, 0.25) is 11.8 Å². The third-order valence-corrected chi connectivity index (χ3v) is 5.20. The van der Waals surface area contributed by atoms with Crippen molar-refractivity contribution in [2.24, 2.45) is 0 Å². The minimum Gasteiger partial charge on any atom is -0.444 e. The maximum absolute atomic E-state index is 12.9. The fourth-order valence-electron chi connectivity index (χ4n) is 3.26. The number of alkyl carbamates (subject to hydrolysis) is 1. The molecule has 0 saturated carbocycles. The van der Waals surface area contributed by atoms with Crippen LogP contribution in [0.15, 0.2) is 16.6 Å². The Bertz CT molecular complexity index is 862. The highest BCUT2D eigenvalue weighted by atomic mass is 79.9. The summed E-state index contributed by atoms with van der Waals surface area (Å²) >= 11 is 3.48. The van der Waals surface area contributed by atoms with Crippen molar-refractivity contribution in [3.05, 3.63) is 33.3 Å². The van der Waals surface area contributed by atoms with Gasteiger partial charge in [0.1, 0.15) is 11.6 Å². The second-order valence-electron chi connectivity index (χ2n) is 7.86. The number of fused-ring (bicyclic) bond motifs is 1. The second kappa shape index (κ2) is 7.54. The van der Waals surface area contributed by atoms with E-state index in [1.807, 2.05) is 6.07 Å². The second-order valence-corrected chi connectivity index (χ2v) is 8.71. The third kappa shape index (κ3) is 4.35. The van der Waals surface area contributed by atoms with Crippen LogP contribution in [0.3, 0.4) is 0 Å². The molecule has 0 aliphatic carbocycles. The maximum atomic E-state index is 12.9. The predicted molar refractivity (Wildman–Crippen MR) is 103 cm³/mol. The first-order valence-electron chi connectivity index (χ1n) is 8.98. The van der Waals surface area contributed by atoms with Gasteiger partial charge in [0.05, 0.1) is 0 Å². The van der Waals surface area contributed by atoms with Crippen molar-refractivity contribution in [1.29, 1.82) is 0 Å². The number of ether oxygens (including phenoxy) is 1. The van der Waals surface area contributed by atoms with Crippen LogP contribution >= 0.6 is 15.9 Å².